The molecule has 1 rings (SSSR count). The lowest BCUT2D eigenvalue weighted by Crippen LogP contribution is -2.21. The normalized spacial score (nSPS) is 11.1. The van der Waals surface area contributed by atoms with Gasteiger partial charge in [-0.2, -0.15) is 0 Å². The van der Waals surface area contributed by atoms with Crippen LogP contribution in [0.2, 0.25) is 0 Å². The number of aromatic nitrogens is 1. The van der Waals surface area contributed by atoms with Gasteiger partial charge in [0.25, 0.3) is 6.43 Å². The van der Waals surface area contributed by atoms with E-state index in [1.165, 1.54) is 6.07 Å². The lowest BCUT2D eigenvalue weighted by molar-refractivity contribution is 0.140. The van der Waals surface area contributed by atoms with Crippen LogP contribution < -0.4 is 11.1 Å². The highest BCUT2D eigenvalue weighted by Gasteiger charge is 2.12. The zero-order valence-electron chi connectivity index (χ0n) is 6.96. The molecule has 13 heavy (non-hydrogen) atoms. The first kappa shape index (κ1) is 10.1. The predicted molar refractivity (Wildman–Crippen MR) is 42.2 cm³/mol. The molecule has 0 aliphatic rings. The second-order valence-electron chi connectivity index (χ2n) is 2.48. The van der Waals surface area contributed by atoms with Crippen molar-refractivity contribution in [2.45, 2.75) is 13.0 Å². The van der Waals surface area contributed by atoms with E-state index < -0.39 is 6.43 Å². The predicted octanol–water partition coefficient (Wildman–Crippen LogP) is 0.660. The molecule has 0 saturated carbocycles. The molecule has 3 N–H and O–H groups in total. The molecule has 74 valence electrons. The zero-order valence-corrected chi connectivity index (χ0v) is 6.96. The SMILES string of the molecule is NCCNCc1cc(C(F)F)no1. The molecule has 0 spiro atoms. The molecule has 1 aromatic heterocycles. The summed E-state index contributed by atoms with van der Waals surface area (Å²) in [6, 6.07) is 1.23. The molecule has 0 bridgehead atoms. The van der Waals surface area contributed by atoms with Gasteiger partial charge in [0.1, 0.15) is 5.69 Å². The lowest BCUT2D eigenvalue weighted by atomic mass is 10.3. The number of nitrogens with zero attached hydrogens (tertiary/aromatic N) is 1. The Morgan fingerprint density at radius 2 is 2.38 bits per heavy atom. The molecule has 1 aromatic rings. The molecular weight excluding hydrogens is 180 g/mol. The Balaban J connectivity index is 2.40. The van der Waals surface area contributed by atoms with E-state index in [1.54, 1.807) is 0 Å². The minimum atomic E-state index is -2.58. The van der Waals surface area contributed by atoms with Crippen LogP contribution in [-0.2, 0) is 6.54 Å². The number of alkyl halides is 2. The second kappa shape index (κ2) is 4.88. The van der Waals surface area contributed by atoms with Gasteiger partial charge in [0.05, 0.1) is 6.54 Å². The van der Waals surface area contributed by atoms with Gasteiger partial charge >= 0.3 is 0 Å². The van der Waals surface area contributed by atoms with Crippen molar-refractivity contribution in [2.75, 3.05) is 13.1 Å². The minimum absolute atomic E-state index is 0.329. The number of hydrogen-bond acceptors (Lipinski definition) is 4. The molecule has 0 fully saturated rings. The molecule has 0 radical (unpaired) electrons. The van der Waals surface area contributed by atoms with Crippen LogP contribution in [0.4, 0.5) is 8.78 Å². The first-order chi connectivity index (χ1) is 6.24. The fourth-order valence-corrected chi connectivity index (χ4v) is 0.829. The van der Waals surface area contributed by atoms with Gasteiger partial charge < -0.3 is 15.6 Å². The van der Waals surface area contributed by atoms with Crippen LogP contribution in [0.15, 0.2) is 10.6 Å². The highest BCUT2D eigenvalue weighted by atomic mass is 19.3. The van der Waals surface area contributed by atoms with E-state index in [9.17, 15) is 8.78 Å². The largest absolute Gasteiger partial charge is 0.360 e. The molecular formula is C7H11F2N3O. The summed E-state index contributed by atoms with van der Waals surface area (Å²) in [5.41, 5.74) is 4.89. The zero-order chi connectivity index (χ0) is 9.68. The van der Waals surface area contributed by atoms with Crippen molar-refractivity contribution in [3.8, 4) is 0 Å². The van der Waals surface area contributed by atoms with E-state index in [0.29, 0.717) is 25.4 Å². The fraction of sp³-hybridized carbons (Fsp3) is 0.571. The van der Waals surface area contributed by atoms with Crippen molar-refractivity contribution in [2.24, 2.45) is 5.73 Å². The van der Waals surface area contributed by atoms with Gasteiger partial charge in [0.15, 0.2) is 5.76 Å². The molecule has 6 heteroatoms. The van der Waals surface area contributed by atoms with Crippen molar-refractivity contribution in [1.82, 2.24) is 10.5 Å². The third-order valence-corrected chi connectivity index (χ3v) is 1.42. The van der Waals surface area contributed by atoms with Crippen molar-refractivity contribution in [3.05, 3.63) is 17.5 Å². The van der Waals surface area contributed by atoms with E-state index in [2.05, 4.69) is 15.0 Å². The van der Waals surface area contributed by atoms with Crippen molar-refractivity contribution < 1.29 is 13.3 Å². The van der Waals surface area contributed by atoms with Gasteiger partial charge in [-0.1, -0.05) is 5.16 Å². The Morgan fingerprint density at radius 1 is 1.62 bits per heavy atom. The highest BCUT2D eigenvalue weighted by Crippen LogP contribution is 2.17. The lowest BCUT2D eigenvalue weighted by Gasteiger charge is -1.96. The first-order valence-electron chi connectivity index (χ1n) is 3.88. The van der Waals surface area contributed by atoms with Crippen LogP contribution in [-0.4, -0.2) is 18.2 Å². The Hall–Kier alpha value is -1.01. The minimum Gasteiger partial charge on any atom is -0.360 e. The van der Waals surface area contributed by atoms with Gasteiger partial charge in [-0.3, -0.25) is 0 Å². The summed E-state index contributed by atoms with van der Waals surface area (Å²) in [7, 11) is 0. The Kier molecular flexibility index (Phi) is 3.78. The van der Waals surface area contributed by atoms with Gasteiger partial charge in [0.2, 0.25) is 0 Å². The summed E-state index contributed by atoms with van der Waals surface area (Å²) >= 11 is 0. The third-order valence-electron chi connectivity index (χ3n) is 1.42. The molecule has 4 nitrogen and oxygen atoms in total. The molecule has 0 unspecified atom stereocenters. The molecule has 0 aliphatic heterocycles. The first-order valence-corrected chi connectivity index (χ1v) is 3.88. The van der Waals surface area contributed by atoms with Crippen molar-refractivity contribution in [1.29, 1.82) is 0 Å². The van der Waals surface area contributed by atoms with E-state index in [4.69, 9.17) is 5.73 Å². The summed E-state index contributed by atoms with van der Waals surface area (Å²) in [6.07, 6.45) is -2.58. The monoisotopic (exact) mass is 191 g/mol. The average molecular weight is 191 g/mol. The number of nitrogens with two attached hydrogens (primary N) is 1. The topological polar surface area (TPSA) is 64.1 Å². The highest BCUT2D eigenvalue weighted by molar-refractivity contribution is 5.05. The smallest absolute Gasteiger partial charge is 0.283 e. The number of hydrogen-bond donors (Lipinski definition) is 2. The quantitative estimate of drug-likeness (QED) is 0.671. The van der Waals surface area contributed by atoms with Crippen LogP contribution in [0.5, 0.6) is 0 Å². The van der Waals surface area contributed by atoms with E-state index in [0.717, 1.165) is 0 Å². The van der Waals surface area contributed by atoms with Crippen molar-refractivity contribution >= 4 is 0 Å². The molecule has 1 heterocycles. The van der Waals surface area contributed by atoms with Gasteiger partial charge in [-0.15, -0.1) is 0 Å². The van der Waals surface area contributed by atoms with Crippen LogP contribution in [0.1, 0.15) is 17.9 Å². The van der Waals surface area contributed by atoms with Crippen LogP contribution >= 0.6 is 0 Å². The molecule has 0 amide bonds. The maximum Gasteiger partial charge on any atom is 0.283 e. The van der Waals surface area contributed by atoms with Crippen molar-refractivity contribution in [3.63, 3.8) is 0 Å². The Labute approximate surface area is 74.1 Å². The molecule has 0 aliphatic carbocycles. The Bertz CT molecular complexity index is 252. The maximum absolute atomic E-state index is 12.0. The summed E-state index contributed by atoms with van der Waals surface area (Å²) in [5.74, 6) is 0.392. The standard InChI is InChI=1S/C7H11F2N3O/c8-7(9)6-3-5(13-12-6)4-11-2-1-10/h3,7,11H,1-2,4,10H2. The summed E-state index contributed by atoms with van der Waals surface area (Å²) in [5, 5.41) is 6.10. The van der Waals surface area contributed by atoms with Gasteiger partial charge in [-0.25, -0.2) is 8.78 Å². The molecule has 0 atom stereocenters. The van der Waals surface area contributed by atoms with Gasteiger partial charge in [0, 0.05) is 19.2 Å². The summed E-state index contributed by atoms with van der Waals surface area (Å²) < 4.78 is 28.7. The average Bonchev–Trinajstić information content (AvgIpc) is 2.53. The third kappa shape index (κ3) is 3.08. The van der Waals surface area contributed by atoms with Gasteiger partial charge in [-0.05, 0) is 0 Å². The van der Waals surface area contributed by atoms with Crippen LogP contribution in [0, 0.1) is 0 Å². The Morgan fingerprint density at radius 3 is 2.92 bits per heavy atom. The van der Waals surface area contributed by atoms with E-state index in [1.807, 2.05) is 0 Å². The van der Waals surface area contributed by atoms with E-state index in [-0.39, 0.29) is 5.69 Å². The summed E-state index contributed by atoms with van der Waals surface area (Å²) in [4.78, 5) is 0. The molecule has 0 saturated heterocycles. The number of halogens is 2. The number of rotatable bonds is 5. The van der Waals surface area contributed by atoms with Crippen LogP contribution in [0.25, 0.3) is 0 Å². The summed E-state index contributed by atoms with van der Waals surface area (Å²) in [6.45, 7) is 1.48. The fourth-order valence-electron chi connectivity index (χ4n) is 0.829. The molecule has 0 aromatic carbocycles. The van der Waals surface area contributed by atoms with Crippen LogP contribution in [0.3, 0.4) is 0 Å². The second-order valence-corrected chi connectivity index (χ2v) is 2.48. The number of nitrogens with one attached hydrogen (secondary N) is 1. The maximum atomic E-state index is 12.0. The van der Waals surface area contributed by atoms with E-state index >= 15 is 0 Å².